The molecule has 4 aromatic rings. The van der Waals surface area contributed by atoms with Crippen LogP contribution in [0.2, 0.25) is 0 Å². The molecule has 172 valence electrons. The zero-order chi connectivity index (χ0) is 23.6. The highest BCUT2D eigenvalue weighted by molar-refractivity contribution is 7.92. The zero-order valence-corrected chi connectivity index (χ0v) is 18.4. The lowest BCUT2D eigenvalue weighted by Crippen LogP contribution is -2.31. The lowest BCUT2D eigenvalue weighted by Gasteiger charge is -2.16. The van der Waals surface area contributed by atoms with Gasteiger partial charge in [-0.3, -0.25) is 5.10 Å². The van der Waals surface area contributed by atoms with Gasteiger partial charge in [0.15, 0.2) is 5.82 Å². The SMILES string of the molecule is NCCNS(=O)(=O)c1ccc(-c2cccc(-c3ncn[nH]3)c2)c(-c2nn[nH]n2)c1S(N)(=O)=O. The van der Waals surface area contributed by atoms with E-state index in [1.807, 2.05) is 0 Å². The lowest BCUT2D eigenvalue weighted by atomic mass is 9.97. The first kappa shape index (κ1) is 22.6. The number of nitrogens with two attached hydrogens (primary N) is 2. The van der Waals surface area contributed by atoms with Gasteiger partial charge in [0, 0.05) is 18.7 Å². The summed E-state index contributed by atoms with van der Waals surface area (Å²) < 4.78 is 53.3. The molecule has 2 aromatic carbocycles. The summed E-state index contributed by atoms with van der Waals surface area (Å²) in [5.74, 6) is 0.324. The summed E-state index contributed by atoms with van der Waals surface area (Å²) in [4.78, 5) is 2.87. The van der Waals surface area contributed by atoms with Crippen LogP contribution in [0.4, 0.5) is 0 Å². The van der Waals surface area contributed by atoms with Crippen LogP contribution in [0.1, 0.15) is 0 Å². The molecule has 0 aliphatic rings. The van der Waals surface area contributed by atoms with E-state index in [1.54, 1.807) is 24.3 Å². The Morgan fingerprint density at radius 2 is 1.85 bits per heavy atom. The molecular weight excluding hydrogens is 472 g/mol. The molecular formula is C17H18N10O4S2. The van der Waals surface area contributed by atoms with Crippen LogP contribution >= 0.6 is 0 Å². The molecule has 0 amide bonds. The maximum atomic E-state index is 12.9. The molecule has 0 unspecified atom stereocenters. The van der Waals surface area contributed by atoms with Gasteiger partial charge in [0.1, 0.15) is 16.1 Å². The number of aromatic amines is 2. The molecule has 7 N–H and O–H groups in total. The number of sulfonamides is 2. The van der Waals surface area contributed by atoms with Gasteiger partial charge >= 0.3 is 0 Å². The Labute approximate surface area is 187 Å². The number of hydrogen-bond donors (Lipinski definition) is 5. The van der Waals surface area contributed by atoms with E-state index in [0.29, 0.717) is 22.5 Å². The Kier molecular flexibility index (Phi) is 6.00. The van der Waals surface area contributed by atoms with Gasteiger partial charge in [0.25, 0.3) is 0 Å². The van der Waals surface area contributed by atoms with Crippen LogP contribution in [-0.4, -0.2) is 65.7 Å². The molecule has 33 heavy (non-hydrogen) atoms. The highest BCUT2D eigenvalue weighted by Gasteiger charge is 2.32. The number of nitrogens with one attached hydrogen (secondary N) is 3. The van der Waals surface area contributed by atoms with E-state index in [0.717, 1.165) is 6.07 Å². The van der Waals surface area contributed by atoms with Gasteiger partial charge in [0.2, 0.25) is 25.9 Å². The van der Waals surface area contributed by atoms with E-state index in [1.165, 1.54) is 12.4 Å². The predicted molar refractivity (Wildman–Crippen MR) is 116 cm³/mol. The average Bonchev–Trinajstić information content (AvgIpc) is 3.51. The number of primary sulfonamides is 1. The van der Waals surface area contributed by atoms with Crippen molar-refractivity contribution in [3.8, 4) is 33.9 Å². The minimum atomic E-state index is -4.58. The third kappa shape index (κ3) is 4.50. The quantitative estimate of drug-likeness (QED) is 0.206. The second-order valence-electron chi connectivity index (χ2n) is 6.70. The molecule has 0 aliphatic carbocycles. The number of rotatable bonds is 8. The number of benzene rings is 2. The number of tetrazole rings is 1. The summed E-state index contributed by atoms with van der Waals surface area (Å²) in [6, 6.07) is 9.50. The first-order valence-corrected chi connectivity index (χ1v) is 12.3. The molecule has 0 saturated heterocycles. The Morgan fingerprint density at radius 1 is 1.06 bits per heavy atom. The van der Waals surface area contributed by atoms with E-state index >= 15 is 0 Å². The monoisotopic (exact) mass is 490 g/mol. The van der Waals surface area contributed by atoms with E-state index < -0.39 is 29.8 Å². The minimum absolute atomic E-state index is 0.00808. The molecule has 0 bridgehead atoms. The molecule has 0 atom stereocenters. The van der Waals surface area contributed by atoms with Gasteiger partial charge < -0.3 is 5.73 Å². The standard InChI is InChI=1S/C17H18N10O4S2/c18-6-7-22-33(30,31)13-5-4-12(10-2-1-3-11(8-10)16-20-9-21-23-16)14(15(13)32(19,28)29)17-24-26-27-25-17/h1-5,8-9,22H,6-7,18H2,(H2,19,28,29)(H,20,21,23)(H,24,25,26,27). The van der Waals surface area contributed by atoms with Crippen LogP contribution < -0.4 is 15.6 Å². The van der Waals surface area contributed by atoms with Gasteiger partial charge in [-0.25, -0.2) is 31.7 Å². The molecule has 2 heterocycles. The minimum Gasteiger partial charge on any atom is -0.329 e. The smallest absolute Gasteiger partial charge is 0.241 e. The lowest BCUT2D eigenvalue weighted by molar-refractivity contribution is 0.574. The Hall–Kier alpha value is -3.57. The van der Waals surface area contributed by atoms with E-state index in [-0.39, 0.29) is 24.5 Å². The molecule has 16 heteroatoms. The van der Waals surface area contributed by atoms with Gasteiger partial charge in [-0.05, 0) is 28.5 Å². The van der Waals surface area contributed by atoms with Crippen molar-refractivity contribution in [2.75, 3.05) is 13.1 Å². The Bertz CT molecular complexity index is 1480. The van der Waals surface area contributed by atoms with Gasteiger partial charge in [-0.2, -0.15) is 10.3 Å². The van der Waals surface area contributed by atoms with Crippen molar-refractivity contribution in [1.29, 1.82) is 0 Å². The second-order valence-corrected chi connectivity index (χ2v) is 9.93. The number of hydrogen-bond acceptors (Lipinski definition) is 10. The fourth-order valence-corrected chi connectivity index (χ4v) is 5.88. The van der Waals surface area contributed by atoms with Crippen LogP contribution in [0, 0.1) is 0 Å². The van der Waals surface area contributed by atoms with Crippen molar-refractivity contribution in [2.24, 2.45) is 10.9 Å². The largest absolute Gasteiger partial charge is 0.329 e. The Balaban J connectivity index is 2.04. The number of aromatic nitrogens is 7. The molecule has 14 nitrogen and oxygen atoms in total. The summed E-state index contributed by atoms with van der Waals surface area (Å²) in [7, 11) is -8.87. The normalized spacial score (nSPS) is 12.2. The van der Waals surface area contributed by atoms with Crippen molar-refractivity contribution in [1.82, 2.24) is 40.5 Å². The van der Waals surface area contributed by atoms with E-state index in [4.69, 9.17) is 10.9 Å². The molecule has 2 aromatic heterocycles. The summed E-state index contributed by atoms with van der Waals surface area (Å²) >= 11 is 0. The van der Waals surface area contributed by atoms with Crippen LogP contribution in [0.25, 0.3) is 33.9 Å². The fraction of sp³-hybridized carbons (Fsp3) is 0.118. The summed E-state index contributed by atoms with van der Waals surface area (Å²) in [5.41, 5.74) is 6.74. The van der Waals surface area contributed by atoms with Crippen molar-refractivity contribution < 1.29 is 16.8 Å². The molecule has 4 rings (SSSR count). The first-order valence-electron chi connectivity index (χ1n) is 9.32. The van der Waals surface area contributed by atoms with Crippen molar-refractivity contribution in [3.63, 3.8) is 0 Å². The number of nitrogens with zero attached hydrogens (tertiary/aromatic N) is 5. The zero-order valence-electron chi connectivity index (χ0n) is 16.8. The van der Waals surface area contributed by atoms with Crippen LogP contribution in [0.5, 0.6) is 0 Å². The summed E-state index contributed by atoms with van der Waals surface area (Å²) in [6.45, 7) is -0.0982. The molecule has 0 aliphatic heterocycles. The van der Waals surface area contributed by atoms with Gasteiger partial charge in [0.05, 0.1) is 5.56 Å². The van der Waals surface area contributed by atoms with Crippen molar-refractivity contribution in [2.45, 2.75) is 9.79 Å². The van der Waals surface area contributed by atoms with Gasteiger partial charge in [-0.15, -0.1) is 10.2 Å². The summed E-state index contributed by atoms with van der Waals surface area (Å²) in [6.07, 6.45) is 1.35. The molecule has 0 saturated carbocycles. The predicted octanol–water partition coefficient (Wildman–Crippen LogP) is -0.797. The second kappa shape index (κ2) is 8.75. The maximum absolute atomic E-state index is 12.9. The third-order valence-corrected chi connectivity index (χ3v) is 7.19. The van der Waals surface area contributed by atoms with E-state index in [9.17, 15) is 16.8 Å². The first-order chi connectivity index (χ1) is 15.7. The van der Waals surface area contributed by atoms with Gasteiger partial charge in [-0.1, -0.05) is 24.3 Å². The highest BCUT2D eigenvalue weighted by atomic mass is 32.2. The Morgan fingerprint density at radius 3 is 2.48 bits per heavy atom. The van der Waals surface area contributed by atoms with Crippen molar-refractivity contribution >= 4 is 20.0 Å². The highest BCUT2D eigenvalue weighted by Crippen LogP contribution is 2.39. The molecule has 0 fully saturated rings. The van der Waals surface area contributed by atoms with Crippen LogP contribution in [-0.2, 0) is 20.0 Å². The van der Waals surface area contributed by atoms with Crippen LogP contribution in [0.3, 0.4) is 0 Å². The maximum Gasteiger partial charge on any atom is 0.241 e. The topological polar surface area (TPSA) is 228 Å². The molecule has 0 radical (unpaired) electrons. The fourth-order valence-electron chi connectivity index (χ4n) is 3.24. The summed E-state index contributed by atoms with van der Waals surface area (Å²) in [5, 5.41) is 25.5. The molecule has 0 spiro atoms. The van der Waals surface area contributed by atoms with Crippen molar-refractivity contribution in [3.05, 3.63) is 42.7 Å². The average molecular weight is 491 g/mol. The number of H-pyrrole nitrogens is 2. The van der Waals surface area contributed by atoms with Crippen LogP contribution in [0.15, 0.2) is 52.5 Å². The third-order valence-electron chi connectivity index (χ3n) is 4.56. The van der Waals surface area contributed by atoms with E-state index in [2.05, 4.69) is 40.5 Å².